The van der Waals surface area contributed by atoms with Crippen molar-refractivity contribution in [3.05, 3.63) is 0 Å². The van der Waals surface area contributed by atoms with Crippen molar-refractivity contribution in [1.82, 2.24) is 9.80 Å². The van der Waals surface area contributed by atoms with E-state index >= 15 is 0 Å². The minimum Gasteiger partial charge on any atom is -0.389 e. The zero-order chi connectivity index (χ0) is 11.4. The van der Waals surface area contributed by atoms with Crippen LogP contribution in [0.2, 0.25) is 0 Å². The molecule has 0 heterocycles. The summed E-state index contributed by atoms with van der Waals surface area (Å²) in [5, 5.41) is 9.51. The maximum absolute atomic E-state index is 11.5. The second-order valence-corrected chi connectivity index (χ2v) is 4.62. The average Bonchev–Trinajstić information content (AvgIpc) is 1.96. The monoisotopic (exact) mass is 202 g/mol. The van der Waals surface area contributed by atoms with Crippen molar-refractivity contribution in [3.63, 3.8) is 0 Å². The Morgan fingerprint density at radius 3 is 2.14 bits per heavy atom. The van der Waals surface area contributed by atoms with Gasteiger partial charge in [-0.25, -0.2) is 0 Å². The number of likely N-dealkylation sites (N-methyl/N-ethyl adjacent to an activating group) is 1. The highest BCUT2D eigenvalue weighted by molar-refractivity contribution is 5.76. The summed E-state index contributed by atoms with van der Waals surface area (Å²) in [6, 6.07) is 0. The van der Waals surface area contributed by atoms with Crippen molar-refractivity contribution in [2.75, 3.05) is 34.2 Å². The van der Waals surface area contributed by atoms with Gasteiger partial charge < -0.3 is 14.9 Å². The van der Waals surface area contributed by atoms with Crippen molar-refractivity contribution >= 4 is 5.91 Å². The summed E-state index contributed by atoms with van der Waals surface area (Å²) in [5.41, 5.74) is -0.817. The van der Waals surface area contributed by atoms with Gasteiger partial charge in [-0.3, -0.25) is 4.79 Å². The van der Waals surface area contributed by atoms with Gasteiger partial charge >= 0.3 is 0 Å². The third-order valence-corrected chi connectivity index (χ3v) is 1.82. The zero-order valence-corrected chi connectivity index (χ0v) is 9.87. The van der Waals surface area contributed by atoms with Crippen LogP contribution in [0.15, 0.2) is 0 Å². The van der Waals surface area contributed by atoms with Crippen LogP contribution in [0.25, 0.3) is 0 Å². The van der Waals surface area contributed by atoms with Gasteiger partial charge in [-0.15, -0.1) is 0 Å². The molecule has 0 aromatic rings. The highest BCUT2D eigenvalue weighted by Crippen LogP contribution is 2.04. The number of hydrogen-bond acceptors (Lipinski definition) is 3. The summed E-state index contributed by atoms with van der Waals surface area (Å²) >= 11 is 0. The second-order valence-electron chi connectivity index (χ2n) is 4.62. The Morgan fingerprint density at radius 2 is 1.79 bits per heavy atom. The van der Waals surface area contributed by atoms with Crippen LogP contribution in [0.4, 0.5) is 0 Å². The summed E-state index contributed by atoms with van der Waals surface area (Å²) in [6.45, 7) is 4.51. The predicted molar refractivity (Wildman–Crippen MR) is 57.1 cm³/mol. The van der Waals surface area contributed by atoms with Crippen molar-refractivity contribution in [2.24, 2.45) is 0 Å². The molecule has 0 fully saturated rings. The number of amides is 1. The van der Waals surface area contributed by atoms with Crippen LogP contribution in [-0.2, 0) is 4.79 Å². The molecule has 0 aromatic carbocycles. The smallest absolute Gasteiger partial charge is 0.223 e. The van der Waals surface area contributed by atoms with Crippen LogP contribution < -0.4 is 0 Å². The van der Waals surface area contributed by atoms with Gasteiger partial charge in [0.25, 0.3) is 0 Å². The third-order valence-electron chi connectivity index (χ3n) is 1.82. The molecule has 1 N–H and O–H groups in total. The first-order chi connectivity index (χ1) is 6.22. The Kier molecular flexibility index (Phi) is 5.08. The van der Waals surface area contributed by atoms with E-state index in [0.717, 1.165) is 6.54 Å². The lowest BCUT2D eigenvalue weighted by atomic mass is 10.1. The van der Waals surface area contributed by atoms with E-state index in [1.54, 1.807) is 25.8 Å². The Balaban J connectivity index is 3.88. The molecular weight excluding hydrogens is 180 g/mol. The number of carbonyl (C=O) groups excluding carboxylic acids is 1. The molecule has 1 amide bonds. The Bertz CT molecular complexity index is 185. The SMILES string of the molecule is CN(C)CCC(=O)N(C)CC(C)(C)O. The van der Waals surface area contributed by atoms with Crippen LogP contribution in [0, 0.1) is 0 Å². The van der Waals surface area contributed by atoms with Gasteiger partial charge in [0.2, 0.25) is 5.91 Å². The zero-order valence-electron chi connectivity index (χ0n) is 9.87. The molecule has 0 rings (SSSR count). The Labute approximate surface area is 86.5 Å². The molecule has 0 unspecified atom stereocenters. The fourth-order valence-corrected chi connectivity index (χ4v) is 1.18. The fraction of sp³-hybridized carbons (Fsp3) is 0.900. The van der Waals surface area contributed by atoms with Crippen LogP contribution in [0.1, 0.15) is 20.3 Å². The maximum Gasteiger partial charge on any atom is 0.223 e. The molecule has 0 spiro atoms. The minimum atomic E-state index is -0.817. The lowest BCUT2D eigenvalue weighted by Gasteiger charge is -2.26. The molecule has 0 radical (unpaired) electrons. The van der Waals surface area contributed by atoms with Gasteiger partial charge in [-0.1, -0.05) is 0 Å². The van der Waals surface area contributed by atoms with Crippen LogP contribution in [-0.4, -0.2) is 60.6 Å². The molecule has 0 aliphatic heterocycles. The fourth-order valence-electron chi connectivity index (χ4n) is 1.18. The van der Waals surface area contributed by atoms with E-state index in [2.05, 4.69) is 0 Å². The number of nitrogens with zero attached hydrogens (tertiary/aromatic N) is 2. The highest BCUT2D eigenvalue weighted by atomic mass is 16.3. The number of carbonyl (C=O) groups is 1. The molecule has 84 valence electrons. The molecule has 4 heteroatoms. The lowest BCUT2D eigenvalue weighted by molar-refractivity contribution is -0.132. The number of hydrogen-bond donors (Lipinski definition) is 1. The molecule has 4 nitrogen and oxygen atoms in total. The topological polar surface area (TPSA) is 43.8 Å². The summed E-state index contributed by atoms with van der Waals surface area (Å²) in [7, 11) is 5.59. The first-order valence-corrected chi connectivity index (χ1v) is 4.83. The first kappa shape index (κ1) is 13.4. The van der Waals surface area contributed by atoms with E-state index in [9.17, 15) is 9.90 Å². The van der Waals surface area contributed by atoms with E-state index in [1.807, 2.05) is 19.0 Å². The highest BCUT2D eigenvalue weighted by Gasteiger charge is 2.18. The quantitative estimate of drug-likeness (QED) is 0.691. The van der Waals surface area contributed by atoms with Gasteiger partial charge in [0.1, 0.15) is 0 Å². The summed E-state index contributed by atoms with van der Waals surface area (Å²) in [5.74, 6) is 0.0702. The van der Waals surface area contributed by atoms with Gasteiger partial charge in [-0.2, -0.15) is 0 Å². The third kappa shape index (κ3) is 6.86. The van der Waals surface area contributed by atoms with Crippen LogP contribution >= 0.6 is 0 Å². The van der Waals surface area contributed by atoms with Crippen molar-refractivity contribution in [2.45, 2.75) is 25.9 Å². The van der Waals surface area contributed by atoms with Crippen LogP contribution in [0.3, 0.4) is 0 Å². The molecule has 0 aromatic heterocycles. The van der Waals surface area contributed by atoms with Crippen molar-refractivity contribution < 1.29 is 9.90 Å². The molecule has 0 saturated carbocycles. The first-order valence-electron chi connectivity index (χ1n) is 4.83. The van der Waals surface area contributed by atoms with Crippen molar-refractivity contribution in [3.8, 4) is 0 Å². The molecule has 14 heavy (non-hydrogen) atoms. The molecule has 0 bridgehead atoms. The standard InChI is InChI=1S/C10H22N2O2/c1-10(2,14)8-12(5)9(13)6-7-11(3)4/h14H,6-8H2,1-5H3. The van der Waals surface area contributed by atoms with E-state index in [-0.39, 0.29) is 5.91 Å². The van der Waals surface area contributed by atoms with Gasteiger partial charge in [0, 0.05) is 26.6 Å². The summed E-state index contributed by atoms with van der Waals surface area (Å²) in [4.78, 5) is 15.1. The van der Waals surface area contributed by atoms with Gasteiger partial charge in [-0.05, 0) is 27.9 Å². The molecular formula is C10H22N2O2. The molecule has 0 aliphatic carbocycles. The number of aliphatic hydroxyl groups is 1. The van der Waals surface area contributed by atoms with E-state index < -0.39 is 5.60 Å². The predicted octanol–water partition coefficient (Wildman–Crippen LogP) is 0.167. The normalized spacial score (nSPS) is 11.9. The van der Waals surface area contributed by atoms with Gasteiger partial charge in [0.15, 0.2) is 0 Å². The summed E-state index contributed by atoms with van der Waals surface area (Å²) < 4.78 is 0. The Hall–Kier alpha value is -0.610. The van der Waals surface area contributed by atoms with E-state index in [1.165, 1.54) is 0 Å². The largest absolute Gasteiger partial charge is 0.389 e. The van der Waals surface area contributed by atoms with E-state index in [4.69, 9.17) is 0 Å². The van der Waals surface area contributed by atoms with Crippen LogP contribution in [0.5, 0.6) is 0 Å². The maximum atomic E-state index is 11.5. The number of rotatable bonds is 5. The van der Waals surface area contributed by atoms with E-state index in [0.29, 0.717) is 13.0 Å². The van der Waals surface area contributed by atoms with Crippen molar-refractivity contribution in [1.29, 1.82) is 0 Å². The molecule has 0 saturated heterocycles. The summed E-state index contributed by atoms with van der Waals surface area (Å²) in [6.07, 6.45) is 0.500. The minimum absolute atomic E-state index is 0.0702. The van der Waals surface area contributed by atoms with Gasteiger partial charge in [0.05, 0.1) is 5.60 Å². The average molecular weight is 202 g/mol. The second kappa shape index (κ2) is 5.32. The Morgan fingerprint density at radius 1 is 1.29 bits per heavy atom. The molecule has 0 atom stereocenters. The molecule has 0 aliphatic rings. The lowest BCUT2D eigenvalue weighted by Crippen LogP contribution is -2.40.